The van der Waals surface area contributed by atoms with Gasteiger partial charge < -0.3 is 10.8 Å². The van der Waals surface area contributed by atoms with Gasteiger partial charge in [0.2, 0.25) is 0 Å². The fourth-order valence-electron chi connectivity index (χ4n) is 1.07. The number of rotatable bonds is 2. The van der Waals surface area contributed by atoms with Gasteiger partial charge >= 0.3 is 0 Å². The van der Waals surface area contributed by atoms with Crippen LogP contribution in [0.25, 0.3) is 0 Å². The number of anilines is 1. The molecule has 0 saturated heterocycles. The van der Waals surface area contributed by atoms with Gasteiger partial charge in [-0.2, -0.15) is 5.26 Å². The molecule has 0 aliphatic carbocycles. The normalized spacial score (nSPS) is 9.43. The van der Waals surface area contributed by atoms with E-state index in [0.717, 1.165) is 0 Å². The molecule has 0 bridgehead atoms. The largest absolute Gasteiger partial charge is 0.508 e. The molecule has 1 aromatic carbocycles. The number of nitrogen functional groups attached to an aromatic ring is 1. The minimum Gasteiger partial charge on any atom is -0.508 e. The Balaban J connectivity index is 3.41. The van der Waals surface area contributed by atoms with Crippen LogP contribution in [0.1, 0.15) is 15.9 Å². The Morgan fingerprint density at radius 2 is 2.29 bits per heavy atom. The number of aromatic hydroxyl groups is 1. The molecule has 5 heteroatoms. The van der Waals surface area contributed by atoms with E-state index < -0.39 is 5.78 Å². The first-order valence-electron chi connectivity index (χ1n) is 3.72. The molecule has 3 N–H and O–H groups in total. The second-order valence-corrected chi connectivity index (χ2v) is 2.89. The van der Waals surface area contributed by atoms with Crippen molar-refractivity contribution < 1.29 is 9.90 Å². The molecule has 1 aromatic rings. The molecule has 0 aliphatic rings. The summed E-state index contributed by atoms with van der Waals surface area (Å²) in [4.78, 5) is 11.2. The summed E-state index contributed by atoms with van der Waals surface area (Å²) in [5.74, 6) is -0.849. The lowest BCUT2D eigenvalue weighted by atomic mass is 10.0. The second-order valence-electron chi connectivity index (χ2n) is 2.63. The molecule has 0 unspecified atom stereocenters. The molecular formula is C9H7ClN2O2. The van der Waals surface area contributed by atoms with Gasteiger partial charge in [-0.05, 0) is 6.07 Å². The van der Waals surface area contributed by atoms with E-state index in [-0.39, 0.29) is 28.4 Å². The molecule has 0 spiro atoms. The third kappa shape index (κ3) is 1.78. The van der Waals surface area contributed by atoms with Gasteiger partial charge in [0.1, 0.15) is 11.8 Å². The van der Waals surface area contributed by atoms with Crippen molar-refractivity contribution in [2.75, 3.05) is 11.6 Å². The highest BCUT2D eigenvalue weighted by Gasteiger charge is 2.14. The summed E-state index contributed by atoms with van der Waals surface area (Å²) in [5, 5.41) is 17.9. The van der Waals surface area contributed by atoms with Crippen molar-refractivity contribution in [3.63, 3.8) is 0 Å². The van der Waals surface area contributed by atoms with E-state index in [1.54, 1.807) is 6.07 Å². The van der Waals surface area contributed by atoms with Crippen LogP contribution in [-0.2, 0) is 0 Å². The molecular weight excluding hydrogens is 204 g/mol. The van der Waals surface area contributed by atoms with Crippen LogP contribution >= 0.6 is 11.6 Å². The third-order valence-corrected chi connectivity index (χ3v) is 1.93. The van der Waals surface area contributed by atoms with Crippen LogP contribution < -0.4 is 5.73 Å². The first-order valence-corrected chi connectivity index (χ1v) is 4.25. The van der Waals surface area contributed by atoms with Crippen molar-refractivity contribution in [2.45, 2.75) is 0 Å². The molecule has 4 nitrogen and oxygen atoms in total. The van der Waals surface area contributed by atoms with E-state index in [4.69, 9.17) is 22.6 Å². The molecule has 0 atom stereocenters. The van der Waals surface area contributed by atoms with Crippen molar-refractivity contribution >= 4 is 23.1 Å². The van der Waals surface area contributed by atoms with E-state index in [9.17, 15) is 9.90 Å². The highest BCUT2D eigenvalue weighted by Crippen LogP contribution is 2.23. The summed E-state index contributed by atoms with van der Waals surface area (Å²) in [6.45, 7) is 0. The molecule has 0 aromatic heterocycles. The molecule has 1 rings (SSSR count). The Morgan fingerprint density at radius 3 is 2.79 bits per heavy atom. The molecule has 14 heavy (non-hydrogen) atoms. The number of carbonyl (C=O) groups excluding carboxylic acids is 1. The van der Waals surface area contributed by atoms with Crippen LogP contribution in [0.15, 0.2) is 12.1 Å². The van der Waals surface area contributed by atoms with E-state index in [1.165, 1.54) is 12.1 Å². The Hall–Kier alpha value is -1.73. The number of Topliss-reactive ketones (excluding diaryl/α,β-unsaturated/α-hetero) is 1. The number of ketones is 1. The number of carbonyl (C=O) groups is 1. The fraction of sp³-hybridized carbons (Fsp3) is 0.111. The first kappa shape index (κ1) is 10.4. The molecule has 0 radical (unpaired) electrons. The van der Waals surface area contributed by atoms with Crippen LogP contribution in [0.3, 0.4) is 0 Å². The third-order valence-electron chi connectivity index (χ3n) is 1.69. The van der Waals surface area contributed by atoms with Gasteiger partial charge in [0, 0.05) is 11.6 Å². The summed E-state index contributed by atoms with van der Waals surface area (Å²) in [6.07, 6.45) is 0. The van der Waals surface area contributed by atoms with E-state index >= 15 is 0 Å². The standard InChI is InChI=1S/C9H7ClN2O2/c10-3-9(14)6-1-5(13)2-8(12)7(6)4-11/h1-2,13H,3,12H2. The van der Waals surface area contributed by atoms with Gasteiger partial charge in [-0.3, -0.25) is 4.79 Å². The summed E-state index contributed by atoms with van der Waals surface area (Å²) in [6, 6.07) is 4.18. The maximum atomic E-state index is 11.2. The number of hydrogen-bond donors (Lipinski definition) is 2. The number of phenolic OH excluding ortho intramolecular Hbond substituents is 1. The van der Waals surface area contributed by atoms with Crippen LogP contribution in [0.2, 0.25) is 0 Å². The van der Waals surface area contributed by atoms with Gasteiger partial charge in [-0.15, -0.1) is 11.6 Å². The van der Waals surface area contributed by atoms with Crippen LogP contribution in [0.5, 0.6) is 5.75 Å². The maximum Gasteiger partial charge on any atom is 0.179 e. The maximum absolute atomic E-state index is 11.2. The zero-order chi connectivity index (χ0) is 10.7. The average Bonchev–Trinajstić information content (AvgIpc) is 2.15. The average molecular weight is 211 g/mol. The van der Waals surface area contributed by atoms with Gasteiger partial charge in [-0.25, -0.2) is 0 Å². The Labute approximate surface area is 85.5 Å². The van der Waals surface area contributed by atoms with E-state index in [2.05, 4.69) is 0 Å². The van der Waals surface area contributed by atoms with Crippen LogP contribution in [-0.4, -0.2) is 16.8 Å². The number of nitriles is 1. The predicted molar refractivity (Wildman–Crippen MR) is 52.3 cm³/mol. The van der Waals surface area contributed by atoms with Crippen molar-refractivity contribution in [2.24, 2.45) is 0 Å². The van der Waals surface area contributed by atoms with Gasteiger partial charge in [0.15, 0.2) is 5.78 Å². The van der Waals surface area contributed by atoms with Crippen molar-refractivity contribution in [1.82, 2.24) is 0 Å². The lowest BCUT2D eigenvalue weighted by molar-refractivity contribution is 0.102. The molecule has 0 heterocycles. The van der Waals surface area contributed by atoms with Crippen LogP contribution in [0, 0.1) is 11.3 Å². The molecule has 0 amide bonds. The van der Waals surface area contributed by atoms with Crippen molar-refractivity contribution in [3.8, 4) is 11.8 Å². The molecule has 0 aliphatic heterocycles. The Kier molecular flexibility index (Phi) is 2.95. The number of halogens is 1. The molecule has 0 fully saturated rings. The van der Waals surface area contributed by atoms with Crippen molar-refractivity contribution in [3.05, 3.63) is 23.3 Å². The monoisotopic (exact) mass is 210 g/mol. The molecule has 0 saturated carbocycles. The highest BCUT2D eigenvalue weighted by molar-refractivity contribution is 6.30. The summed E-state index contributed by atoms with van der Waals surface area (Å²) in [7, 11) is 0. The zero-order valence-electron chi connectivity index (χ0n) is 7.12. The minimum absolute atomic E-state index is 0.0495. The zero-order valence-corrected chi connectivity index (χ0v) is 7.88. The number of phenols is 1. The first-order chi connectivity index (χ1) is 6.60. The van der Waals surface area contributed by atoms with Crippen LogP contribution in [0.4, 0.5) is 5.69 Å². The summed E-state index contributed by atoms with van der Waals surface area (Å²) in [5.41, 5.74) is 5.62. The summed E-state index contributed by atoms with van der Waals surface area (Å²) < 4.78 is 0. The van der Waals surface area contributed by atoms with Gasteiger partial charge in [-0.1, -0.05) is 0 Å². The second kappa shape index (κ2) is 3.99. The highest BCUT2D eigenvalue weighted by atomic mass is 35.5. The minimum atomic E-state index is -0.439. The molecule has 72 valence electrons. The quantitative estimate of drug-likeness (QED) is 0.437. The van der Waals surface area contributed by atoms with Gasteiger partial charge in [0.25, 0.3) is 0 Å². The lowest BCUT2D eigenvalue weighted by Gasteiger charge is -2.04. The number of hydrogen-bond acceptors (Lipinski definition) is 4. The number of nitrogens with zero attached hydrogens (tertiary/aromatic N) is 1. The van der Waals surface area contributed by atoms with Crippen molar-refractivity contribution in [1.29, 1.82) is 5.26 Å². The predicted octanol–water partition coefficient (Wildman–Crippen LogP) is 1.27. The van der Waals surface area contributed by atoms with Gasteiger partial charge in [0.05, 0.1) is 17.1 Å². The number of nitrogens with two attached hydrogens (primary N) is 1. The Bertz CT molecular complexity index is 424. The lowest BCUT2D eigenvalue weighted by Crippen LogP contribution is -2.05. The Morgan fingerprint density at radius 1 is 1.64 bits per heavy atom. The number of alkyl halides is 1. The summed E-state index contributed by atoms with van der Waals surface area (Å²) >= 11 is 5.34. The fourth-order valence-corrected chi connectivity index (χ4v) is 1.21. The number of benzene rings is 1. The topological polar surface area (TPSA) is 87.1 Å². The van der Waals surface area contributed by atoms with E-state index in [0.29, 0.717) is 0 Å². The SMILES string of the molecule is N#Cc1c(N)cc(O)cc1C(=O)CCl. The smallest absolute Gasteiger partial charge is 0.179 e. The van der Waals surface area contributed by atoms with E-state index in [1.807, 2.05) is 0 Å².